The molecular weight excluding hydrogens is 220 g/mol. The van der Waals surface area contributed by atoms with Crippen molar-refractivity contribution in [1.29, 1.82) is 0 Å². The third-order valence-electron chi connectivity index (χ3n) is 2.75. The van der Waals surface area contributed by atoms with Crippen LogP contribution >= 0.6 is 0 Å². The van der Waals surface area contributed by atoms with Gasteiger partial charge in [-0.3, -0.25) is 0 Å². The van der Waals surface area contributed by atoms with E-state index in [0.717, 1.165) is 17.8 Å². The van der Waals surface area contributed by atoms with Gasteiger partial charge in [-0.15, -0.1) is 0 Å². The Morgan fingerprint density at radius 3 is 3.00 bits per heavy atom. The minimum Gasteiger partial charge on any atom is -0.358 e. The lowest BCUT2D eigenvalue weighted by atomic mass is 10.3. The number of hydrogen-bond acceptors (Lipinski definition) is 4. The summed E-state index contributed by atoms with van der Waals surface area (Å²) in [7, 11) is 0. The Labute approximate surface area is 99.5 Å². The number of rotatable bonds is 6. The molecule has 0 amide bonds. The van der Waals surface area contributed by atoms with Crippen molar-refractivity contribution in [3.05, 3.63) is 34.0 Å². The Morgan fingerprint density at radius 1 is 1.76 bits per heavy atom. The summed E-state index contributed by atoms with van der Waals surface area (Å²) in [4.78, 5) is 10.1. The van der Waals surface area contributed by atoms with Gasteiger partial charge in [0.05, 0.1) is 23.4 Å². The number of aryl methyl sites for hydroxylation is 1. The summed E-state index contributed by atoms with van der Waals surface area (Å²) in [6, 6.07) is 2.11. The lowest BCUT2D eigenvalue weighted by Gasteiger charge is -2.05. The maximum atomic E-state index is 10.6. The molecular formula is C11H16N4O2. The third kappa shape index (κ3) is 3.13. The van der Waals surface area contributed by atoms with Crippen LogP contribution in [0.2, 0.25) is 0 Å². The summed E-state index contributed by atoms with van der Waals surface area (Å²) in [5.41, 5.74) is 1.77. The van der Waals surface area contributed by atoms with Crippen LogP contribution in [0.5, 0.6) is 0 Å². The number of nitrogens with one attached hydrogen (secondary N) is 1. The standard InChI is InChI=1S/C11H16N4O2/c1-8(6-12-10-3-4-10)7-14-9(2)5-11(13-14)15(16)17/h5,10,12H,1,3-4,6-7H2,2H3. The second kappa shape index (κ2) is 4.67. The average Bonchev–Trinajstić information content (AvgIpc) is 3.02. The van der Waals surface area contributed by atoms with Crippen LogP contribution in [-0.2, 0) is 6.54 Å². The van der Waals surface area contributed by atoms with Crippen LogP contribution in [0.3, 0.4) is 0 Å². The lowest BCUT2D eigenvalue weighted by molar-refractivity contribution is -0.389. The first-order valence-electron chi connectivity index (χ1n) is 5.65. The molecule has 17 heavy (non-hydrogen) atoms. The van der Waals surface area contributed by atoms with Gasteiger partial charge >= 0.3 is 5.82 Å². The fraction of sp³-hybridized carbons (Fsp3) is 0.545. The first-order valence-corrected chi connectivity index (χ1v) is 5.65. The second-order valence-corrected chi connectivity index (χ2v) is 4.46. The zero-order chi connectivity index (χ0) is 12.4. The highest BCUT2D eigenvalue weighted by atomic mass is 16.6. The van der Waals surface area contributed by atoms with Crippen molar-refractivity contribution in [2.24, 2.45) is 0 Å². The molecule has 1 aliphatic carbocycles. The van der Waals surface area contributed by atoms with Crippen molar-refractivity contribution in [3.63, 3.8) is 0 Å². The molecule has 2 rings (SSSR count). The second-order valence-electron chi connectivity index (χ2n) is 4.46. The molecule has 0 unspecified atom stereocenters. The number of aromatic nitrogens is 2. The molecule has 0 saturated heterocycles. The largest absolute Gasteiger partial charge is 0.390 e. The van der Waals surface area contributed by atoms with Gasteiger partial charge in [0.1, 0.15) is 0 Å². The molecule has 6 nitrogen and oxygen atoms in total. The average molecular weight is 236 g/mol. The van der Waals surface area contributed by atoms with Gasteiger partial charge in [-0.1, -0.05) is 6.58 Å². The molecule has 1 aliphatic rings. The number of hydrogen-bond donors (Lipinski definition) is 1. The molecule has 1 aromatic heterocycles. The van der Waals surface area contributed by atoms with Crippen LogP contribution < -0.4 is 5.32 Å². The normalized spacial score (nSPS) is 14.9. The van der Waals surface area contributed by atoms with Gasteiger partial charge in [0.25, 0.3) is 0 Å². The molecule has 1 saturated carbocycles. The Balaban J connectivity index is 1.92. The summed E-state index contributed by atoms with van der Waals surface area (Å²) in [5.74, 6) is -0.106. The van der Waals surface area contributed by atoms with Crippen molar-refractivity contribution in [2.45, 2.75) is 32.4 Å². The molecule has 0 aromatic carbocycles. The molecule has 0 radical (unpaired) electrons. The van der Waals surface area contributed by atoms with E-state index < -0.39 is 4.92 Å². The molecule has 92 valence electrons. The minimum absolute atomic E-state index is 0.106. The Morgan fingerprint density at radius 2 is 2.47 bits per heavy atom. The maximum Gasteiger partial charge on any atom is 0.390 e. The molecule has 1 fully saturated rings. The van der Waals surface area contributed by atoms with Crippen molar-refractivity contribution in [1.82, 2.24) is 15.1 Å². The van der Waals surface area contributed by atoms with Gasteiger partial charge < -0.3 is 15.4 Å². The summed E-state index contributed by atoms with van der Waals surface area (Å²) < 4.78 is 1.62. The first-order chi connectivity index (χ1) is 8.06. The topological polar surface area (TPSA) is 73.0 Å². The van der Waals surface area contributed by atoms with E-state index in [1.165, 1.54) is 18.9 Å². The van der Waals surface area contributed by atoms with Crippen molar-refractivity contribution in [3.8, 4) is 0 Å². The molecule has 0 spiro atoms. The third-order valence-corrected chi connectivity index (χ3v) is 2.75. The van der Waals surface area contributed by atoms with Crippen LogP contribution in [0.4, 0.5) is 5.82 Å². The fourth-order valence-electron chi connectivity index (χ4n) is 1.59. The van der Waals surface area contributed by atoms with Crippen LogP contribution in [0.25, 0.3) is 0 Å². The van der Waals surface area contributed by atoms with Crippen LogP contribution in [0.1, 0.15) is 18.5 Å². The molecule has 1 heterocycles. The summed E-state index contributed by atoms with van der Waals surface area (Å²) in [5, 5.41) is 17.8. The molecule has 0 atom stereocenters. The first kappa shape index (κ1) is 11.8. The van der Waals surface area contributed by atoms with Crippen LogP contribution in [0, 0.1) is 17.0 Å². The Kier molecular flexibility index (Phi) is 3.23. The van der Waals surface area contributed by atoms with E-state index in [2.05, 4.69) is 17.0 Å². The predicted octanol–water partition coefficient (Wildman–Crippen LogP) is 1.41. The van der Waals surface area contributed by atoms with Gasteiger partial charge in [-0.25, -0.2) is 0 Å². The van der Waals surface area contributed by atoms with E-state index in [4.69, 9.17) is 0 Å². The molecule has 0 bridgehead atoms. The zero-order valence-electron chi connectivity index (χ0n) is 9.85. The van der Waals surface area contributed by atoms with Gasteiger partial charge in [0.15, 0.2) is 0 Å². The zero-order valence-corrected chi connectivity index (χ0v) is 9.85. The van der Waals surface area contributed by atoms with E-state index in [1.54, 1.807) is 4.68 Å². The minimum atomic E-state index is -0.477. The maximum absolute atomic E-state index is 10.6. The fourth-order valence-corrected chi connectivity index (χ4v) is 1.59. The Hall–Kier alpha value is -1.69. The summed E-state index contributed by atoms with van der Waals surface area (Å²) in [6.45, 7) is 7.03. The van der Waals surface area contributed by atoms with Gasteiger partial charge in [0, 0.05) is 12.6 Å². The highest BCUT2D eigenvalue weighted by Crippen LogP contribution is 2.19. The van der Waals surface area contributed by atoms with Gasteiger partial charge in [0.2, 0.25) is 0 Å². The summed E-state index contributed by atoms with van der Waals surface area (Å²) >= 11 is 0. The van der Waals surface area contributed by atoms with Crippen molar-refractivity contribution < 1.29 is 4.92 Å². The number of nitrogens with zero attached hydrogens (tertiary/aromatic N) is 3. The smallest absolute Gasteiger partial charge is 0.358 e. The molecule has 1 N–H and O–H groups in total. The lowest BCUT2D eigenvalue weighted by Crippen LogP contribution is -2.21. The van der Waals surface area contributed by atoms with E-state index >= 15 is 0 Å². The molecule has 0 aliphatic heterocycles. The number of nitro groups is 1. The van der Waals surface area contributed by atoms with Crippen molar-refractivity contribution in [2.75, 3.05) is 6.54 Å². The van der Waals surface area contributed by atoms with E-state index in [1.807, 2.05) is 6.92 Å². The molecule has 6 heteroatoms. The van der Waals surface area contributed by atoms with Gasteiger partial charge in [-0.2, -0.15) is 4.68 Å². The Bertz CT molecular complexity index is 448. The highest BCUT2D eigenvalue weighted by Gasteiger charge is 2.21. The SMILES string of the molecule is C=C(CNC1CC1)Cn1nc([N+](=O)[O-])cc1C. The van der Waals surface area contributed by atoms with Crippen molar-refractivity contribution >= 4 is 5.82 Å². The van der Waals surface area contributed by atoms with Crippen LogP contribution in [0.15, 0.2) is 18.2 Å². The summed E-state index contributed by atoms with van der Waals surface area (Å²) in [6.07, 6.45) is 2.47. The van der Waals surface area contributed by atoms with Gasteiger partial charge in [-0.05, 0) is 30.3 Å². The molecule has 1 aromatic rings. The quantitative estimate of drug-likeness (QED) is 0.460. The monoisotopic (exact) mass is 236 g/mol. The predicted molar refractivity (Wildman–Crippen MR) is 63.8 cm³/mol. The van der Waals surface area contributed by atoms with E-state index in [0.29, 0.717) is 12.6 Å². The highest BCUT2D eigenvalue weighted by molar-refractivity contribution is 5.21. The van der Waals surface area contributed by atoms with E-state index in [9.17, 15) is 10.1 Å². The van der Waals surface area contributed by atoms with Crippen LogP contribution in [-0.4, -0.2) is 27.3 Å². The van der Waals surface area contributed by atoms with E-state index in [-0.39, 0.29) is 5.82 Å².